The van der Waals surface area contributed by atoms with Crippen LogP contribution in [0.15, 0.2) is 48.7 Å². The van der Waals surface area contributed by atoms with E-state index in [1.807, 2.05) is 0 Å². The summed E-state index contributed by atoms with van der Waals surface area (Å²) in [6, 6.07) is 8.19. The fraction of sp³-hybridized carbons (Fsp3) is 0.321. The van der Waals surface area contributed by atoms with Crippen molar-refractivity contribution in [2.75, 3.05) is 5.32 Å². The highest BCUT2D eigenvalue weighted by atomic mass is 19.4. The van der Waals surface area contributed by atoms with Crippen molar-refractivity contribution < 1.29 is 36.6 Å². The third kappa shape index (κ3) is 4.93. The molecule has 2 atom stereocenters. The predicted molar refractivity (Wildman–Crippen MR) is 135 cm³/mol. The molecule has 2 heterocycles. The van der Waals surface area contributed by atoms with Crippen LogP contribution in [0.3, 0.4) is 0 Å². The van der Waals surface area contributed by atoms with Crippen LogP contribution in [0.5, 0.6) is 5.75 Å². The molecule has 0 spiro atoms. The quantitative estimate of drug-likeness (QED) is 0.226. The first-order valence-corrected chi connectivity index (χ1v) is 12.8. The van der Waals surface area contributed by atoms with Gasteiger partial charge in [0.2, 0.25) is 0 Å². The van der Waals surface area contributed by atoms with Crippen molar-refractivity contribution in [2.45, 2.75) is 38.1 Å². The number of hydrogen-bond acceptors (Lipinski definition) is 5. The highest BCUT2D eigenvalue weighted by Gasteiger charge is 2.47. The number of carboxylic acids is 1. The monoisotopic (exact) mass is 558 g/mol. The number of anilines is 1. The van der Waals surface area contributed by atoms with Gasteiger partial charge in [0.1, 0.15) is 23.2 Å². The number of carbonyl (C=O) groups is 1. The van der Waals surface area contributed by atoms with Crippen LogP contribution in [0.2, 0.25) is 0 Å². The van der Waals surface area contributed by atoms with Gasteiger partial charge in [0.15, 0.2) is 5.82 Å². The molecule has 3 N–H and O–H groups in total. The highest BCUT2D eigenvalue weighted by Crippen LogP contribution is 2.46. The number of halogens is 5. The number of alkyl halides is 3. The Bertz CT molecular complexity index is 1580. The minimum absolute atomic E-state index is 0.0431. The van der Waals surface area contributed by atoms with E-state index >= 15 is 0 Å². The maximum Gasteiger partial charge on any atom is 0.573 e. The third-order valence-electron chi connectivity index (χ3n) is 7.88. The van der Waals surface area contributed by atoms with Gasteiger partial charge in [-0.2, -0.15) is 0 Å². The summed E-state index contributed by atoms with van der Waals surface area (Å²) in [5.74, 6) is -2.92. The Morgan fingerprint density at radius 3 is 2.38 bits per heavy atom. The maximum absolute atomic E-state index is 14.4. The van der Waals surface area contributed by atoms with E-state index in [1.165, 1.54) is 18.3 Å². The van der Waals surface area contributed by atoms with Gasteiger partial charge in [-0.3, -0.25) is 4.79 Å². The minimum Gasteiger partial charge on any atom is -0.481 e. The normalized spacial score (nSPS) is 22.4. The van der Waals surface area contributed by atoms with Crippen LogP contribution < -0.4 is 10.1 Å². The number of nitrogens with one attached hydrogen (secondary N) is 2. The number of hydrogen-bond donors (Lipinski definition) is 3. The van der Waals surface area contributed by atoms with Crippen LogP contribution in [0.25, 0.3) is 33.5 Å². The molecular weight excluding hydrogens is 535 g/mol. The second kappa shape index (κ2) is 9.76. The van der Waals surface area contributed by atoms with Crippen LogP contribution in [0.4, 0.5) is 27.8 Å². The van der Waals surface area contributed by atoms with Crippen LogP contribution in [-0.2, 0) is 4.79 Å². The van der Waals surface area contributed by atoms with E-state index in [-0.39, 0.29) is 34.6 Å². The molecule has 2 bridgehead atoms. The molecule has 0 unspecified atom stereocenters. The standard InChI is InChI=1S/C28H23F5N4O3/c29-16-9-18-19(12-34-25(18)20(30)10-16)26-35-21(13-5-7-17(8-6-13)40-28(31,32)33)11-22(37-26)36-24-15-3-1-14(2-4-15)23(24)27(38)39/h5-12,14-15,23-24,34H,1-4H2,(H,38,39)(H,35,36,37)/t14?,15?,23-,24-/m1/s1. The summed E-state index contributed by atoms with van der Waals surface area (Å²) in [4.78, 5) is 24.1. The number of nitrogens with zero attached hydrogens (tertiary/aromatic N) is 2. The SMILES string of the molecule is O=C(O)[C@@H]1C2CCC(CC2)[C@H]1Nc1cc(-c2ccc(OC(F)(F)F)cc2)nc(-c2c[nH]c3c(F)cc(F)cc23)n1. The van der Waals surface area contributed by atoms with Gasteiger partial charge in [-0.05, 0) is 67.9 Å². The first kappa shape index (κ1) is 26.0. The van der Waals surface area contributed by atoms with Crippen molar-refractivity contribution in [1.29, 1.82) is 0 Å². The summed E-state index contributed by atoms with van der Waals surface area (Å²) in [5, 5.41) is 13.5. The van der Waals surface area contributed by atoms with Crippen molar-refractivity contribution in [3.05, 3.63) is 60.3 Å². The highest BCUT2D eigenvalue weighted by molar-refractivity contribution is 5.94. The lowest BCUT2D eigenvalue weighted by atomic mass is 9.61. The van der Waals surface area contributed by atoms with E-state index < -0.39 is 35.6 Å². The molecule has 7 nitrogen and oxygen atoms in total. The molecule has 2 aromatic heterocycles. The van der Waals surface area contributed by atoms with Gasteiger partial charge in [-0.25, -0.2) is 18.7 Å². The lowest BCUT2D eigenvalue weighted by Crippen LogP contribution is -2.51. The Labute approximate surface area is 224 Å². The lowest BCUT2D eigenvalue weighted by Gasteiger charge is -2.47. The van der Waals surface area contributed by atoms with Gasteiger partial charge >= 0.3 is 12.3 Å². The molecular formula is C28H23F5N4O3. The molecule has 0 saturated heterocycles. The van der Waals surface area contributed by atoms with Crippen molar-refractivity contribution in [1.82, 2.24) is 15.0 Å². The van der Waals surface area contributed by atoms with Crippen LogP contribution in [0, 0.1) is 29.4 Å². The molecule has 0 aliphatic heterocycles. The van der Waals surface area contributed by atoms with Crippen molar-refractivity contribution in [3.63, 3.8) is 0 Å². The Kier molecular flexibility index (Phi) is 6.35. The van der Waals surface area contributed by atoms with E-state index in [0.717, 1.165) is 49.9 Å². The topological polar surface area (TPSA) is 100 Å². The van der Waals surface area contributed by atoms with E-state index in [2.05, 4.69) is 25.0 Å². The molecule has 3 aliphatic rings. The van der Waals surface area contributed by atoms with E-state index in [0.29, 0.717) is 22.6 Å². The minimum atomic E-state index is -4.85. The molecule has 3 fully saturated rings. The Morgan fingerprint density at radius 1 is 1.00 bits per heavy atom. The van der Waals surface area contributed by atoms with Crippen LogP contribution >= 0.6 is 0 Å². The fourth-order valence-corrected chi connectivity index (χ4v) is 6.14. The molecule has 3 aliphatic carbocycles. The molecule has 0 amide bonds. The zero-order valence-corrected chi connectivity index (χ0v) is 20.8. The Balaban J connectivity index is 1.44. The van der Waals surface area contributed by atoms with Gasteiger partial charge in [-0.15, -0.1) is 13.2 Å². The lowest BCUT2D eigenvalue weighted by molar-refractivity contribution is -0.274. The number of rotatable bonds is 6. The molecule has 208 valence electrons. The molecule has 12 heteroatoms. The van der Waals surface area contributed by atoms with E-state index in [4.69, 9.17) is 0 Å². The summed E-state index contributed by atoms with van der Waals surface area (Å²) < 4.78 is 70.4. The first-order valence-electron chi connectivity index (χ1n) is 12.8. The van der Waals surface area contributed by atoms with Crippen molar-refractivity contribution >= 4 is 22.7 Å². The smallest absolute Gasteiger partial charge is 0.481 e. The molecule has 40 heavy (non-hydrogen) atoms. The number of fused-ring (bicyclic) bond motifs is 4. The van der Waals surface area contributed by atoms with Crippen LogP contribution in [0.1, 0.15) is 25.7 Å². The second-order valence-electron chi connectivity index (χ2n) is 10.3. The zero-order chi connectivity index (χ0) is 28.2. The molecule has 3 saturated carbocycles. The predicted octanol–water partition coefficient (Wildman–Crippen LogP) is 6.77. The van der Waals surface area contributed by atoms with Gasteiger partial charge < -0.3 is 20.1 Å². The number of aromatic amines is 1. The largest absolute Gasteiger partial charge is 0.573 e. The van der Waals surface area contributed by atoms with Crippen molar-refractivity contribution in [3.8, 4) is 28.4 Å². The van der Waals surface area contributed by atoms with E-state index in [9.17, 15) is 31.9 Å². The average Bonchev–Trinajstić information content (AvgIpc) is 3.33. The summed E-state index contributed by atoms with van der Waals surface area (Å²) in [6.07, 6.45) is 0.0641. The Morgan fingerprint density at radius 2 is 1.70 bits per heavy atom. The number of aromatic nitrogens is 3. The summed E-state index contributed by atoms with van der Waals surface area (Å²) >= 11 is 0. The molecule has 7 rings (SSSR count). The summed E-state index contributed by atoms with van der Waals surface area (Å²) in [7, 11) is 0. The number of benzene rings is 2. The number of ether oxygens (including phenoxy) is 1. The third-order valence-corrected chi connectivity index (χ3v) is 7.88. The zero-order valence-electron chi connectivity index (χ0n) is 20.8. The summed E-state index contributed by atoms with van der Waals surface area (Å²) in [5.41, 5.74) is 1.10. The van der Waals surface area contributed by atoms with Crippen LogP contribution in [-0.4, -0.2) is 38.4 Å². The van der Waals surface area contributed by atoms with Crippen molar-refractivity contribution in [2.24, 2.45) is 17.8 Å². The molecule has 0 radical (unpaired) electrons. The summed E-state index contributed by atoms with van der Waals surface area (Å²) in [6.45, 7) is 0. The number of carboxylic acid groups (broad SMARTS) is 1. The van der Waals surface area contributed by atoms with Gasteiger partial charge in [0.05, 0.1) is 17.1 Å². The first-order chi connectivity index (χ1) is 19.1. The number of H-pyrrole nitrogens is 1. The van der Waals surface area contributed by atoms with Gasteiger partial charge in [0.25, 0.3) is 0 Å². The molecule has 2 aromatic carbocycles. The fourth-order valence-electron chi connectivity index (χ4n) is 6.14. The van der Waals surface area contributed by atoms with E-state index in [1.54, 1.807) is 6.07 Å². The second-order valence-corrected chi connectivity index (χ2v) is 10.3. The number of aliphatic carboxylic acids is 1. The van der Waals surface area contributed by atoms with Gasteiger partial charge in [0, 0.05) is 40.9 Å². The average molecular weight is 559 g/mol. The molecule has 4 aromatic rings. The Hall–Kier alpha value is -4.22. The maximum atomic E-state index is 14.4. The van der Waals surface area contributed by atoms with Gasteiger partial charge in [-0.1, -0.05) is 0 Å².